The Balaban J connectivity index is 1.91. The van der Waals surface area contributed by atoms with Crippen LogP contribution in [0.15, 0.2) is 43.1 Å². The summed E-state index contributed by atoms with van der Waals surface area (Å²) in [6.45, 7) is 0.614. The van der Waals surface area contributed by atoms with Crippen LogP contribution in [0.2, 0.25) is 0 Å². The number of hydrogen-bond acceptors (Lipinski definition) is 3. The van der Waals surface area contributed by atoms with Crippen LogP contribution in [0, 0.1) is 0 Å². The van der Waals surface area contributed by atoms with E-state index in [1.54, 1.807) is 12.5 Å². The molecular weight excluding hydrogens is 216 g/mol. The smallest absolute Gasteiger partial charge is 0.169 e. The molecule has 0 saturated carbocycles. The first-order valence-electron chi connectivity index (χ1n) is 5.25. The van der Waals surface area contributed by atoms with Crippen LogP contribution in [0.25, 0.3) is 5.65 Å². The predicted molar refractivity (Wildman–Crippen MR) is 61.9 cm³/mol. The fourth-order valence-electron chi connectivity index (χ4n) is 1.78. The highest BCUT2D eigenvalue weighted by molar-refractivity contribution is 5.70. The molecule has 0 spiro atoms. The van der Waals surface area contributed by atoms with E-state index in [0.717, 1.165) is 17.6 Å². The molecule has 0 bridgehead atoms. The minimum absolute atomic E-state index is 0.439. The number of aromatic nitrogens is 4. The Bertz CT molecular complexity index is 635. The van der Waals surface area contributed by atoms with Gasteiger partial charge in [-0.1, -0.05) is 6.07 Å². The summed E-state index contributed by atoms with van der Waals surface area (Å²) in [7, 11) is 0. The van der Waals surface area contributed by atoms with E-state index < -0.39 is 0 Å². The average Bonchev–Trinajstić information content (AvgIpc) is 2.94. The largest absolute Gasteiger partial charge is 0.331 e. The molecule has 0 aromatic carbocycles. The zero-order chi connectivity index (χ0) is 11.7. The number of aldehydes is 1. The van der Waals surface area contributed by atoms with Crippen molar-refractivity contribution in [1.82, 2.24) is 18.9 Å². The summed E-state index contributed by atoms with van der Waals surface area (Å²) in [5.74, 6) is 0. The summed E-state index contributed by atoms with van der Waals surface area (Å²) in [4.78, 5) is 18.9. The third-order valence-electron chi connectivity index (χ3n) is 2.53. The molecule has 0 atom stereocenters. The minimum Gasteiger partial charge on any atom is -0.331 e. The highest BCUT2D eigenvalue weighted by Crippen LogP contribution is 2.06. The van der Waals surface area contributed by atoms with Gasteiger partial charge in [0, 0.05) is 18.6 Å². The molecule has 3 heterocycles. The molecule has 0 amide bonds. The van der Waals surface area contributed by atoms with E-state index in [1.165, 1.54) is 0 Å². The molecule has 0 aliphatic rings. The second kappa shape index (κ2) is 3.86. The fourth-order valence-corrected chi connectivity index (χ4v) is 1.78. The maximum Gasteiger partial charge on any atom is 0.169 e. The van der Waals surface area contributed by atoms with Crippen LogP contribution in [0.4, 0.5) is 0 Å². The molecule has 0 aliphatic carbocycles. The van der Waals surface area contributed by atoms with E-state index in [-0.39, 0.29) is 0 Å². The molecule has 0 fully saturated rings. The molecule has 0 aliphatic heterocycles. The molecule has 3 aromatic heterocycles. The summed E-state index contributed by atoms with van der Waals surface area (Å²) >= 11 is 0. The highest BCUT2D eigenvalue weighted by Gasteiger charge is 2.02. The Labute approximate surface area is 97.4 Å². The molecule has 0 radical (unpaired) electrons. The zero-order valence-corrected chi connectivity index (χ0v) is 9.02. The normalized spacial score (nSPS) is 10.8. The van der Waals surface area contributed by atoms with E-state index in [1.807, 2.05) is 39.6 Å². The Morgan fingerprint density at radius 3 is 3.00 bits per heavy atom. The SMILES string of the molecule is O=Cc1cn(Cc2cn3ccccc3n2)cn1. The van der Waals surface area contributed by atoms with Gasteiger partial charge in [-0.15, -0.1) is 0 Å². The standard InChI is InChI=1S/C12H10N4O/c17-8-11-6-15(9-13-11)5-10-7-16-4-2-1-3-12(16)14-10/h1-4,6-9H,5H2. The first kappa shape index (κ1) is 9.77. The molecule has 3 rings (SSSR count). The minimum atomic E-state index is 0.439. The van der Waals surface area contributed by atoms with Gasteiger partial charge in [0.05, 0.1) is 18.6 Å². The number of rotatable bonds is 3. The molecule has 0 saturated heterocycles. The van der Waals surface area contributed by atoms with Crippen LogP contribution in [-0.2, 0) is 6.54 Å². The molecule has 84 valence electrons. The fraction of sp³-hybridized carbons (Fsp3) is 0.0833. The first-order chi connectivity index (χ1) is 8.35. The quantitative estimate of drug-likeness (QED) is 0.634. The monoisotopic (exact) mass is 226 g/mol. The maximum atomic E-state index is 10.5. The summed E-state index contributed by atoms with van der Waals surface area (Å²) in [5.41, 5.74) is 2.29. The van der Waals surface area contributed by atoms with Gasteiger partial charge in [0.2, 0.25) is 0 Å². The summed E-state index contributed by atoms with van der Waals surface area (Å²) < 4.78 is 3.80. The van der Waals surface area contributed by atoms with E-state index in [2.05, 4.69) is 9.97 Å². The van der Waals surface area contributed by atoms with Crippen molar-refractivity contribution in [2.24, 2.45) is 0 Å². The lowest BCUT2D eigenvalue weighted by molar-refractivity contribution is 0.111. The van der Waals surface area contributed by atoms with Gasteiger partial charge in [0.25, 0.3) is 0 Å². The van der Waals surface area contributed by atoms with Crippen molar-refractivity contribution in [2.75, 3.05) is 0 Å². The lowest BCUT2D eigenvalue weighted by Crippen LogP contribution is -1.96. The number of pyridine rings is 1. The van der Waals surface area contributed by atoms with Gasteiger partial charge < -0.3 is 8.97 Å². The third kappa shape index (κ3) is 1.82. The van der Waals surface area contributed by atoms with Crippen LogP contribution >= 0.6 is 0 Å². The zero-order valence-electron chi connectivity index (χ0n) is 9.02. The van der Waals surface area contributed by atoms with Crippen molar-refractivity contribution in [1.29, 1.82) is 0 Å². The van der Waals surface area contributed by atoms with Crippen LogP contribution in [0.3, 0.4) is 0 Å². The van der Waals surface area contributed by atoms with Crippen molar-refractivity contribution >= 4 is 11.9 Å². The lowest BCUT2D eigenvalue weighted by Gasteiger charge is -1.95. The highest BCUT2D eigenvalue weighted by atomic mass is 16.1. The molecule has 5 heteroatoms. The first-order valence-corrected chi connectivity index (χ1v) is 5.25. The van der Waals surface area contributed by atoms with Crippen LogP contribution < -0.4 is 0 Å². The Morgan fingerprint density at radius 1 is 1.29 bits per heavy atom. The van der Waals surface area contributed by atoms with Crippen molar-refractivity contribution < 1.29 is 4.79 Å². The number of carbonyl (C=O) groups excluding carboxylic acids is 1. The second-order valence-corrected chi connectivity index (χ2v) is 3.79. The van der Waals surface area contributed by atoms with Gasteiger partial charge >= 0.3 is 0 Å². The van der Waals surface area contributed by atoms with Crippen LogP contribution in [0.5, 0.6) is 0 Å². The maximum absolute atomic E-state index is 10.5. The molecular formula is C12H10N4O. The summed E-state index contributed by atoms with van der Waals surface area (Å²) in [6, 6.07) is 5.86. The molecule has 0 unspecified atom stereocenters. The van der Waals surface area contributed by atoms with Crippen LogP contribution in [0.1, 0.15) is 16.2 Å². The number of imidazole rings is 2. The van der Waals surface area contributed by atoms with Gasteiger partial charge in [-0.3, -0.25) is 4.79 Å². The van der Waals surface area contributed by atoms with Gasteiger partial charge in [-0.05, 0) is 12.1 Å². The average molecular weight is 226 g/mol. The van der Waals surface area contributed by atoms with Crippen molar-refractivity contribution in [3.63, 3.8) is 0 Å². The topological polar surface area (TPSA) is 52.2 Å². The molecule has 3 aromatic rings. The van der Waals surface area contributed by atoms with Gasteiger partial charge in [-0.2, -0.15) is 0 Å². The Hall–Kier alpha value is -2.43. The third-order valence-corrected chi connectivity index (χ3v) is 2.53. The van der Waals surface area contributed by atoms with E-state index in [0.29, 0.717) is 12.2 Å². The van der Waals surface area contributed by atoms with Crippen LogP contribution in [-0.4, -0.2) is 25.2 Å². The molecule has 5 nitrogen and oxygen atoms in total. The van der Waals surface area contributed by atoms with Crippen molar-refractivity contribution in [2.45, 2.75) is 6.54 Å². The Kier molecular flexibility index (Phi) is 2.22. The second-order valence-electron chi connectivity index (χ2n) is 3.79. The van der Waals surface area contributed by atoms with Gasteiger partial charge in [0.1, 0.15) is 11.3 Å². The number of fused-ring (bicyclic) bond motifs is 1. The van der Waals surface area contributed by atoms with Gasteiger partial charge in [0.15, 0.2) is 6.29 Å². The number of nitrogens with zero attached hydrogens (tertiary/aromatic N) is 4. The molecule has 0 N–H and O–H groups in total. The van der Waals surface area contributed by atoms with Gasteiger partial charge in [-0.25, -0.2) is 9.97 Å². The number of hydrogen-bond donors (Lipinski definition) is 0. The van der Waals surface area contributed by atoms with E-state index >= 15 is 0 Å². The number of carbonyl (C=O) groups is 1. The summed E-state index contributed by atoms with van der Waals surface area (Å²) in [6.07, 6.45) is 8.00. The predicted octanol–water partition coefficient (Wildman–Crippen LogP) is 1.39. The van der Waals surface area contributed by atoms with Crippen molar-refractivity contribution in [3.8, 4) is 0 Å². The van der Waals surface area contributed by atoms with Crippen molar-refractivity contribution in [3.05, 3.63) is 54.5 Å². The Morgan fingerprint density at radius 2 is 2.24 bits per heavy atom. The van der Waals surface area contributed by atoms with E-state index in [9.17, 15) is 4.79 Å². The molecule has 17 heavy (non-hydrogen) atoms. The van der Waals surface area contributed by atoms with E-state index in [4.69, 9.17) is 0 Å². The summed E-state index contributed by atoms with van der Waals surface area (Å²) in [5, 5.41) is 0. The lowest BCUT2D eigenvalue weighted by atomic mass is 10.4.